The summed E-state index contributed by atoms with van der Waals surface area (Å²) < 4.78 is 5.26. The molecule has 2 aromatic heterocycles. The van der Waals surface area contributed by atoms with Gasteiger partial charge >= 0.3 is 0 Å². The van der Waals surface area contributed by atoms with Crippen LogP contribution in [0.2, 0.25) is 0 Å². The Morgan fingerprint density at radius 3 is 2.84 bits per heavy atom. The number of rotatable bonds is 7. The molecule has 0 radical (unpaired) electrons. The Balaban J connectivity index is 1.91. The third kappa shape index (κ3) is 3.50. The molecule has 9 heteroatoms. The van der Waals surface area contributed by atoms with E-state index < -0.39 is 0 Å². The van der Waals surface area contributed by atoms with Gasteiger partial charge in [0.05, 0.1) is 11.3 Å². The number of oxazole rings is 1. The Hall–Kier alpha value is -3.20. The van der Waals surface area contributed by atoms with E-state index in [1.54, 1.807) is 18.2 Å². The van der Waals surface area contributed by atoms with Gasteiger partial charge in [-0.2, -0.15) is 4.98 Å². The van der Waals surface area contributed by atoms with Crippen LogP contribution in [0, 0.1) is 5.41 Å². The first-order chi connectivity index (χ1) is 12.1. The van der Waals surface area contributed by atoms with Crippen LogP contribution in [0.15, 0.2) is 28.9 Å². The second kappa shape index (κ2) is 7.14. The Morgan fingerprint density at radius 1 is 1.20 bits per heavy atom. The van der Waals surface area contributed by atoms with Crippen LogP contribution in [0.5, 0.6) is 0 Å². The summed E-state index contributed by atoms with van der Waals surface area (Å²) in [6.07, 6.45) is 3.18. The van der Waals surface area contributed by atoms with Gasteiger partial charge in [0.15, 0.2) is 5.58 Å². The summed E-state index contributed by atoms with van der Waals surface area (Å²) in [6, 6.07) is 5.28. The largest absolute Gasteiger partial charge is 0.424 e. The molecular weight excluding hydrogens is 320 g/mol. The maximum Gasteiger partial charge on any atom is 0.292 e. The fraction of sp³-hybridized carbons (Fsp3) is 0.250. The van der Waals surface area contributed by atoms with Crippen LogP contribution in [0.1, 0.15) is 24.0 Å². The molecule has 3 aromatic rings. The van der Waals surface area contributed by atoms with E-state index >= 15 is 0 Å². The third-order valence-electron chi connectivity index (χ3n) is 3.74. The van der Waals surface area contributed by atoms with Gasteiger partial charge < -0.3 is 26.9 Å². The number of nitrogens with two attached hydrogens (primary N) is 3. The number of fused-ring (bicyclic) bond motifs is 1. The van der Waals surface area contributed by atoms with Crippen molar-refractivity contribution in [2.24, 2.45) is 5.73 Å². The Morgan fingerprint density at radius 2 is 2.04 bits per heavy atom. The predicted molar refractivity (Wildman–Crippen MR) is 97.6 cm³/mol. The van der Waals surface area contributed by atoms with Crippen LogP contribution >= 0.6 is 0 Å². The standard InChI is InChI=1S/C16H20N8O/c17-5-1-2-6-21-15-12(14(19)22-8-23-15)13(18)9-3-4-11-10(7-9)24-16(20)25-11/h3-4,7-8,18H,1-2,5-6,17H2,(H2,20,24)(H3,19,21,22,23). The van der Waals surface area contributed by atoms with Crippen LogP contribution in [0.25, 0.3) is 11.1 Å². The molecule has 2 heterocycles. The highest BCUT2D eigenvalue weighted by atomic mass is 16.4. The first-order valence-corrected chi connectivity index (χ1v) is 7.90. The lowest BCUT2D eigenvalue weighted by molar-refractivity contribution is 0.626. The van der Waals surface area contributed by atoms with Gasteiger partial charge in [-0.05, 0) is 37.6 Å². The second-order valence-electron chi connectivity index (χ2n) is 5.51. The lowest BCUT2D eigenvalue weighted by Gasteiger charge is -2.13. The van der Waals surface area contributed by atoms with E-state index in [9.17, 15) is 0 Å². The summed E-state index contributed by atoms with van der Waals surface area (Å²) in [4.78, 5) is 12.3. The molecule has 25 heavy (non-hydrogen) atoms. The number of benzene rings is 1. The highest BCUT2D eigenvalue weighted by Gasteiger charge is 2.17. The molecular formula is C16H20N8O. The zero-order valence-electron chi connectivity index (χ0n) is 13.6. The van der Waals surface area contributed by atoms with Crippen LogP contribution in [-0.2, 0) is 0 Å². The van der Waals surface area contributed by atoms with Gasteiger partial charge in [-0.25, -0.2) is 9.97 Å². The van der Waals surface area contributed by atoms with Gasteiger partial charge in [-0.15, -0.1) is 0 Å². The van der Waals surface area contributed by atoms with Crippen LogP contribution in [0.3, 0.4) is 0 Å². The normalized spacial score (nSPS) is 10.9. The highest BCUT2D eigenvalue weighted by molar-refractivity contribution is 6.17. The molecule has 0 saturated heterocycles. The first kappa shape index (κ1) is 16.7. The van der Waals surface area contributed by atoms with Crippen molar-refractivity contribution in [2.45, 2.75) is 12.8 Å². The molecule has 0 aliphatic rings. The number of unbranched alkanes of at least 4 members (excludes halogenated alkanes) is 1. The topological polar surface area (TPSA) is 166 Å². The van der Waals surface area contributed by atoms with Crippen LogP contribution in [0.4, 0.5) is 17.7 Å². The van der Waals surface area contributed by atoms with Gasteiger partial charge in [0.2, 0.25) is 0 Å². The van der Waals surface area contributed by atoms with E-state index in [1.807, 2.05) is 0 Å². The number of aromatic nitrogens is 3. The molecule has 0 unspecified atom stereocenters. The van der Waals surface area contributed by atoms with Crippen LogP contribution < -0.4 is 22.5 Å². The third-order valence-corrected chi connectivity index (χ3v) is 3.74. The zero-order chi connectivity index (χ0) is 17.8. The van der Waals surface area contributed by atoms with Crippen molar-refractivity contribution in [2.75, 3.05) is 29.9 Å². The van der Waals surface area contributed by atoms with Crippen LogP contribution in [-0.4, -0.2) is 33.8 Å². The number of nitrogens with one attached hydrogen (secondary N) is 2. The molecule has 0 aliphatic carbocycles. The Kier molecular flexibility index (Phi) is 4.75. The fourth-order valence-electron chi connectivity index (χ4n) is 2.50. The van der Waals surface area contributed by atoms with Gasteiger partial charge in [0.25, 0.3) is 6.01 Å². The molecule has 0 amide bonds. The molecule has 0 atom stereocenters. The predicted octanol–water partition coefficient (Wildman–Crippen LogP) is 1.35. The first-order valence-electron chi connectivity index (χ1n) is 7.90. The maximum atomic E-state index is 8.54. The van der Waals surface area contributed by atoms with Crippen molar-refractivity contribution in [1.82, 2.24) is 15.0 Å². The second-order valence-corrected chi connectivity index (χ2v) is 5.51. The fourth-order valence-corrected chi connectivity index (χ4v) is 2.50. The minimum absolute atomic E-state index is 0.0866. The zero-order valence-corrected chi connectivity index (χ0v) is 13.6. The minimum Gasteiger partial charge on any atom is -0.424 e. The molecule has 0 fully saturated rings. The summed E-state index contributed by atoms with van der Waals surface area (Å²) in [5.41, 5.74) is 19.5. The summed E-state index contributed by atoms with van der Waals surface area (Å²) in [7, 11) is 0. The highest BCUT2D eigenvalue weighted by Crippen LogP contribution is 2.24. The molecule has 0 saturated carbocycles. The van der Waals surface area contributed by atoms with Crippen molar-refractivity contribution in [3.8, 4) is 0 Å². The van der Waals surface area contributed by atoms with Crippen molar-refractivity contribution in [1.29, 1.82) is 5.41 Å². The number of nitrogen functional groups attached to an aromatic ring is 2. The SMILES string of the molecule is N=C(c1ccc2oc(N)nc2c1)c1c(N)ncnc1NCCCCN. The van der Waals surface area contributed by atoms with E-state index in [4.69, 9.17) is 27.0 Å². The van der Waals surface area contributed by atoms with E-state index in [0.29, 0.717) is 41.1 Å². The average molecular weight is 340 g/mol. The molecule has 130 valence electrons. The number of anilines is 3. The summed E-state index contributed by atoms with van der Waals surface area (Å²) >= 11 is 0. The molecule has 8 N–H and O–H groups in total. The summed E-state index contributed by atoms with van der Waals surface area (Å²) in [5.74, 6) is 0.760. The minimum atomic E-state index is 0.0866. The summed E-state index contributed by atoms with van der Waals surface area (Å²) in [5, 5.41) is 11.7. The Labute approximate surface area is 144 Å². The quantitative estimate of drug-likeness (QED) is 0.317. The number of hydrogen-bond donors (Lipinski definition) is 5. The molecule has 0 aliphatic heterocycles. The monoisotopic (exact) mass is 340 g/mol. The molecule has 0 spiro atoms. The van der Waals surface area contributed by atoms with Gasteiger partial charge in [0, 0.05) is 12.1 Å². The number of hydrogen-bond acceptors (Lipinski definition) is 9. The number of nitrogens with zero attached hydrogens (tertiary/aromatic N) is 3. The van der Waals surface area contributed by atoms with E-state index in [0.717, 1.165) is 12.8 Å². The maximum absolute atomic E-state index is 8.54. The lowest BCUT2D eigenvalue weighted by atomic mass is 10.0. The molecule has 3 rings (SSSR count). The van der Waals surface area contributed by atoms with Crippen molar-refractivity contribution in [3.05, 3.63) is 35.7 Å². The smallest absolute Gasteiger partial charge is 0.292 e. The molecule has 9 nitrogen and oxygen atoms in total. The van der Waals surface area contributed by atoms with Crippen molar-refractivity contribution < 1.29 is 4.42 Å². The van der Waals surface area contributed by atoms with E-state index in [1.165, 1.54) is 6.33 Å². The van der Waals surface area contributed by atoms with E-state index in [-0.39, 0.29) is 17.5 Å². The average Bonchev–Trinajstić information content (AvgIpc) is 2.97. The van der Waals surface area contributed by atoms with E-state index in [2.05, 4.69) is 20.3 Å². The Bertz CT molecular complexity index is 904. The molecule has 0 bridgehead atoms. The van der Waals surface area contributed by atoms with Crippen molar-refractivity contribution >= 4 is 34.5 Å². The van der Waals surface area contributed by atoms with Gasteiger partial charge in [-0.1, -0.05) is 0 Å². The molecule has 1 aromatic carbocycles. The lowest BCUT2D eigenvalue weighted by Crippen LogP contribution is -2.15. The van der Waals surface area contributed by atoms with Gasteiger partial charge in [0.1, 0.15) is 23.5 Å². The van der Waals surface area contributed by atoms with Crippen molar-refractivity contribution in [3.63, 3.8) is 0 Å². The summed E-state index contributed by atoms with van der Waals surface area (Å²) in [6.45, 7) is 1.32. The van der Waals surface area contributed by atoms with Gasteiger partial charge in [-0.3, -0.25) is 5.41 Å².